The molecule has 0 aliphatic carbocycles. The van der Waals surface area contributed by atoms with E-state index in [9.17, 15) is 0 Å². The average molecular weight is 120 g/mol. The van der Waals surface area contributed by atoms with Crippen LogP contribution in [0.4, 0.5) is 0 Å². The highest BCUT2D eigenvalue weighted by Crippen LogP contribution is 1.78. The van der Waals surface area contributed by atoms with Crippen molar-refractivity contribution >= 4 is 5.71 Å². The molecule has 0 N–H and O–H groups in total. The number of nitrogens with zero attached hydrogens (tertiary/aromatic N) is 2. The molecule has 0 heterocycles. The van der Waals surface area contributed by atoms with Gasteiger partial charge in [-0.2, -0.15) is 5.26 Å². The highest BCUT2D eigenvalue weighted by atomic mass is 14.7. The quantitative estimate of drug-likeness (QED) is 0.403. The molecular formula is C7H8N2. The van der Waals surface area contributed by atoms with Gasteiger partial charge in [-0.1, -0.05) is 12.7 Å². The van der Waals surface area contributed by atoms with Gasteiger partial charge in [0.15, 0.2) is 0 Å². The molecule has 0 amide bonds. The lowest BCUT2D eigenvalue weighted by Crippen LogP contribution is -1.79. The number of allylic oxidation sites excluding steroid dienone is 2. The second-order valence-electron chi connectivity index (χ2n) is 1.40. The molecule has 0 unspecified atom stereocenters. The van der Waals surface area contributed by atoms with Crippen molar-refractivity contribution in [1.29, 1.82) is 5.26 Å². The van der Waals surface area contributed by atoms with Crippen LogP contribution in [0.5, 0.6) is 0 Å². The normalized spacial score (nSPS) is 11.3. The van der Waals surface area contributed by atoms with Gasteiger partial charge in [-0.05, 0) is 13.0 Å². The van der Waals surface area contributed by atoms with Gasteiger partial charge < -0.3 is 0 Å². The number of aliphatic imine (C=N–C) groups is 1. The van der Waals surface area contributed by atoms with Crippen LogP contribution in [0.1, 0.15) is 6.92 Å². The fourth-order valence-corrected chi connectivity index (χ4v) is 0.245. The summed E-state index contributed by atoms with van der Waals surface area (Å²) in [5.74, 6) is 0. The van der Waals surface area contributed by atoms with Crippen LogP contribution in [-0.4, -0.2) is 5.71 Å². The summed E-state index contributed by atoms with van der Waals surface area (Å²) in [4.78, 5) is 3.74. The number of hydrogen-bond acceptors (Lipinski definition) is 2. The Morgan fingerprint density at radius 1 is 1.78 bits per heavy atom. The van der Waals surface area contributed by atoms with Crippen molar-refractivity contribution in [3.05, 3.63) is 24.9 Å². The Labute approximate surface area is 54.8 Å². The minimum atomic E-state index is 0.452. The second kappa shape index (κ2) is 4.79. The largest absolute Gasteiger partial charge is 0.250 e. The Morgan fingerprint density at radius 3 is 2.89 bits per heavy atom. The van der Waals surface area contributed by atoms with Crippen LogP contribution in [0.2, 0.25) is 0 Å². The summed E-state index contributed by atoms with van der Waals surface area (Å²) >= 11 is 0. The minimum Gasteiger partial charge on any atom is -0.250 e. The van der Waals surface area contributed by atoms with Crippen molar-refractivity contribution in [2.24, 2.45) is 4.99 Å². The van der Waals surface area contributed by atoms with Crippen LogP contribution in [0.3, 0.4) is 0 Å². The Hall–Kier alpha value is -1.36. The van der Waals surface area contributed by atoms with Gasteiger partial charge in [0.2, 0.25) is 0 Å². The van der Waals surface area contributed by atoms with Crippen molar-refractivity contribution in [2.45, 2.75) is 6.92 Å². The molecule has 0 aliphatic rings. The maximum absolute atomic E-state index is 8.19. The van der Waals surface area contributed by atoms with Crippen molar-refractivity contribution < 1.29 is 0 Å². The summed E-state index contributed by atoms with van der Waals surface area (Å²) in [6.45, 7) is 5.09. The van der Waals surface area contributed by atoms with E-state index in [4.69, 9.17) is 5.26 Å². The number of hydrogen-bond donors (Lipinski definition) is 0. The maximum Gasteiger partial charge on any atom is 0.115 e. The van der Waals surface area contributed by atoms with Gasteiger partial charge in [0.1, 0.15) is 11.8 Å². The van der Waals surface area contributed by atoms with Gasteiger partial charge >= 0.3 is 0 Å². The van der Waals surface area contributed by atoms with Crippen LogP contribution < -0.4 is 0 Å². The van der Waals surface area contributed by atoms with Gasteiger partial charge in [0.05, 0.1) is 0 Å². The highest BCUT2D eigenvalue weighted by Gasteiger charge is 1.76. The number of rotatable bonds is 2. The first-order valence-electron chi connectivity index (χ1n) is 2.53. The molecule has 0 saturated carbocycles. The predicted octanol–water partition coefficient (Wildman–Crippen LogP) is 1.67. The third-order valence-electron chi connectivity index (χ3n) is 0.652. The fraction of sp³-hybridized carbons (Fsp3) is 0.143. The third kappa shape index (κ3) is 4.49. The summed E-state index contributed by atoms with van der Waals surface area (Å²) in [5.41, 5.74) is 0.452. The molecule has 0 fully saturated rings. The first-order chi connectivity index (χ1) is 4.31. The zero-order chi connectivity index (χ0) is 7.11. The van der Waals surface area contributed by atoms with Crippen LogP contribution in [0, 0.1) is 11.3 Å². The third-order valence-corrected chi connectivity index (χ3v) is 0.652. The van der Waals surface area contributed by atoms with E-state index in [1.165, 1.54) is 6.20 Å². The molecule has 9 heavy (non-hydrogen) atoms. The zero-order valence-corrected chi connectivity index (χ0v) is 5.33. The standard InChI is InChI=1S/C7H8N2/c1-3-4-5-9-7(2)6-8/h3-5H,1H2,2H3/b5-4-,9-7?. The van der Waals surface area contributed by atoms with Crippen molar-refractivity contribution in [1.82, 2.24) is 0 Å². The van der Waals surface area contributed by atoms with E-state index in [2.05, 4.69) is 11.6 Å². The number of nitriles is 1. The van der Waals surface area contributed by atoms with Gasteiger partial charge in [0.25, 0.3) is 0 Å². The molecule has 0 aliphatic heterocycles. The van der Waals surface area contributed by atoms with Crippen LogP contribution >= 0.6 is 0 Å². The van der Waals surface area contributed by atoms with Crippen molar-refractivity contribution in [3.63, 3.8) is 0 Å². The highest BCUT2D eigenvalue weighted by molar-refractivity contribution is 5.96. The molecule has 0 spiro atoms. The molecule has 46 valence electrons. The second-order valence-corrected chi connectivity index (χ2v) is 1.40. The molecule has 0 aromatic carbocycles. The van der Waals surface area contributed by atoms with Gasteiger partial charge in [-0.15, -0.1) is 0 Å². The molecular weight excluding hydrogens is 112 g/mol. The Bertz CT molecular complexity index is 182. The lowest BCUT2D eigenvalue weighted by molar-refractivity contribution is 1.49. The zero-order valence-electron chi connectivity index (χ0n) is 5.33. The lowest BCUT2D eigenvalue weighted by atomic mass is 10.5. The van der Waals surface area contributed by atoms with E-state index < -0.39 is 0 Å². The molecule has 0 bridgehead atoms. The lowest BCUT2D eigenvalue weighted by Gasteiger charge is -1.75. The van der Waals surface area contributed by atoms with Crippen molar-refractivity contribution in [3.8, 4) is 6.07 Å². The topological polar surface area (TPSA) is 36.1 Å². The SMILES string of the molecule is C=C/C=C\N=C(C)C#N. The Balaban J connectivity index is 3.86. The summed E-state index contributed by atoms with van der Waals surface area (Å²) in [6, 6.07) is 1.89. The van der Waals surface area contributed by atoms with E-state index in [0.717, 1.165) is 0 Å². The molecule has 0 radical (unpaired) electrons. The average Bonchev–Trinajstić information content (AvgIpc) is 1.89. The van der Waals surface area contributed by atoms with E-state index in [1.807, 2.05) is 6.07 Å². The van der Waals surface area contributed by atoms with Crippen molar-refractivity contribution in [2.75, 3.05) is 0 Å². The molecule has 0 aromatic heterocycles. The molecule has 2 nitrogen and oxygen atoms in total. The smallest absolute Gasteiger partial charge is 0.115 e. The van der Waals surface area contributed by atoms with E-state index in [1.54, 1.807) is 19.1 Å². The minimum absolute atomic E-state index is 0.452. The fourth-order valence-electron chi connectivity index (χ4n) is 0.245. The molecule has 0 rings (SSSR count). The van der Waals surface area contributed by atoms with Crippen LogP contribution in [-0.2, 0) is 0 Å². The molecule has 0 aromatic rings. The van der Waals surface area contributed by atoms with E-state index in [0.29, 0.717) is 5.71 Å². The first kappa shape index (κ1) is 7.64. The summed E-state index contributed by atoms with van der Waals surface area (Å²) < 4.78 is 0. The van der Waals surface area contributed by atoms with Crippen LogP contribution in [0.25, 0.3) is 0 Å². The van der Waals surface area contributed by atoms with Gasteiger partial charge in [-0.25, -0.2) is 0 Å². The summed E-state index contributed by atoms with van der Waals surface area (Å²) in [7, 11) is 0. The molecule has 2 heteroatoms. The van der Waals surface area contributed by atoms with E-state index >= 15 is 0 Å². The first-order valence-corrected chi connectivity index (χ1v) is 2.53. The molecule has 0 atom stereocenters. The van der Waals surface area contributed by atoms with Gasteiger partial charge in [-0.3, -0.25) is 4.99 Å². The summed E-state index contributed by atoms with van der Waals surface area (Å²) in [6.07, 6.45) is 4.81. The predicted molar refractivity (Wildman–Crippen MR) is 38.1 cm³/mol. The maximum atomic E-state index is 8.19. The summed E-state index contributed by atoms with van der Waals surface area (Å²) in [5, 5.41) is 8.19. The monoisotopic (exact) mass is 120 g/mol. The molecule has 0 saturated heterocycles. The van der Waals surface area contributed by atoms with E-state index in [-0.39, 0.29) is 0 Å². The Kier molecular flexibility index (Phi) is 4.07. The van der Waals surface area contributed by atoms with Gasteiger partial charge in [0, 0.05) is 6.20 Å². The Morgan fingerprint density at radius 2 is 2.44 bits per heavy atom. The van der Waals surface area contributed by atoms with Crippen LogP contribution in [0.15, 0.2) is 29.9 Å².